The fourth-order valence-corrected chi connectivity index (χ4v) is 2.28. The number of hydrogen-bond donors (Lipinski definition) is 2. The molecule has 0 amide bonds. The van der Waals surface area contributed by atoms with Crippen LogP contribution < -0.4 is 0 Å². The van der Waals surface area contributed by atoms with Crippen LogP contribution in [0.25, 0.3) is 0 Å². The lowest BCUT2D eigenvalue weighted by Gasteiger charge is -2.38. The highest BCUT2D eigenvalue weighted by Gasteiger charge is 2.53. The molecule has 19 heavy (non-hydrogen) atoms. The van der Waals surface area contributed by atoms with Crippen molar-refractivity contribution in [3.63, 3.8) is 0 Å². The summed E-state index contributed by atoms with van der Waals surface area (Å²) in [6, 6.07) is 0. The summed E-state index contributed by atoms with van der Waals surface area (Å²) < 4.78 is 21.6. The van der Waals surface area contributed by atoms with Crippen molar-refractivity contribution in [2.24, 2.45) is 0 Å². The number of carboxylic acid groups (broad SMARTS) is 1. The van der Waals surface area contributed by atoms with Gasteiger partial charge in [0.25, 0.3) is 0 Å². The highest BCUT2D eigenvalue weighted by molar-refractivity contribution is 5.73. The fourth-order valence-electron chi connectivity index (χ4n) is 2.28. The Balaban J connectivity index is 2.08. The van der Waals surface area contributed by atoms with Gasteiger partial charge in [0.15, 0.2) is 18.7 Å². The van der Waals surface area contributed by atoms with E-state index >= 15 is 0 Å². The number of carboxylic acids is 1. The first-order valence-electron chi connectivity index (χ1n) is 6.53. The van der Waals surface area contributed by atoms with Crippen LogP contribution in [0.1, 0.15) is 26.7 Å². The SMILES string of the molecule is CCCCO[C@@H]1C2OC(C)O[C@H]2OC(C(=O)O)[C@H]1O. The van der Waals surface area contributed by atoms with Gasteiger partial charge in [-0.2, -0.15) is 0 Å². The lowest BCUT2D eigenvalue weighted by molar-refractivity contribution is -0.256. The van der Waals surface area contributed by atoms with Gasteiger partial charge in [-0.25, -0.2) is 4.79 Å². The number of hydrogen-bond acceptors (Lipinski definition) is 6. The molecule has 0 radical (unpaired) electrons. The van der Waals surface area contributed by atoms with Crippen LogP contribution >= 0.6 is 0 Å². The van der Waals surface area contributed by atoms with Crippen molar-refractivity contribution in [3.05, 3.63) is 0 Å². The maximum absolute atomic E-state index is 11.1. The van der Waals surface area contributed by atoms with Gasteiger partial charge in [0.1, 0.15) is 18.3 Å². The van der Waals surface area contributed by atoms with Gasteiger partial charge >= 0.3 is 5.97 Å². The van der Waals surface area contributed by atoms with Crippen LogP contribution in [0.5, 0.6) is 0 Å². The molecule has 2 aliphatic heterocycles. The van der Waals surface area contributed by atoms with E-state index in [0.717, 1.165) is 12.8 Å². The Morgan fingerprint density at radius 2 is 2.05 bits per heavy atom. The van der Waals surface area contributed by atoms with Crippen molar-refractivity contribution in [2.45, 2.75) is 63.7 Å². The minimum Gasteiger partial charge on any atom is -0.479 e. The van der Waals surface area contributed by atoms with Gasteiger partial charge in [-0.15, -0.1) is 0 Å². The van der Waals surface area contributed by atoms with Crippen LogP contribution in [0.3, 0.4) is 0 Å². The zero-order valence-corrected chi connectivity index (χ0v) is 11.0. The molecule has 110 valence electrons. The fraction of sp³-hybridized carbons (Fsp3) is 0.917. The Morgan fingerprint density at radius 1 is 1.32 bits per heavy atom. The lowest BCUT2D eigenvalue weighted by Crippen LogP contribution is -2.59. The number of ether oxygens (including phenoxy) is 4. The molecule has 7 heteroatoms. The molecule has 0 saturated carbocycles. The predicted octanol–water partition coefficient (Wildman–Crippen LogP) is 0.103. The number of fused-ring (bicyclic) bond motifs is 1. The third-order valence-corrected chi connectivity index (χ3v) is 3.25. The minimum absolute atomic E-state index is 0.436. The molecule has 2 rings (SSSR count). The largest absolute Gasteiger partial charge is 0.479 e. The molecule has 2 aliphatic rings. The lowest BCUT2D eigenvalue weighted by atomic mass is 9.98. The van der Waals surface area contributed by atoms with Gasteiger partial charge in [0.2, 0.25) is 0 Å². The van der Waals surface area contributed by atoms with Gasteiger partial charge in [0.05, 0.1) is 0 Å². The Labute approximate surface area is 111 Å². The number of carbonyl (C=O) groups is 1. The van der Waals surface area contributed by atoms with Crippen molar-refractivity contribution in [1.29, 1.82) is 0 Å². The molecular formula is C12H20O7. The van der Waals surface area contributed by atoms with Crippen LogP contribution in [0.2, 0.25) is 0 Å². The molecule has 2 fully saturated rings. The molecular weight excluding hydrogens is 256 g/mol. The Kier molecular flexibility index (Phi) is 4.75. The summed E-state index contributed by atoms with van der Waals surface area (Å²) in [7, 11) is 0. The van der Waals surface area contributed by atoms with E-state index in [1.165, 1.54) is 0 Å². The molecule has 0 aliphatic carbocycles. The first kappa shape index (κ1) is 14.7. The van der Waals surface area contributed by atoms with Gasteiger partial charge in [-0.05, 0) is 13.3 Å². The third kappa shape index (κ3) is 3.06. The Hall–Kier alpha value is -0.730. The van der Waals surface area contributed by atoms with E-state index < -0.39 is 43.0 Å². The number of unbranched alkanes of at least 4 members (excludes halogenated alkanes) is 1. The Bertz CT molecular complexity index is 321. The minimum atomic E-state index is -1.36. The predicted molar refractivity (Wildman–Crippen MR) is 62.4 cm³/mol. The van der Waals surface area contributed by atoms with Crippen LogP contribution in [0, 0.1) is 0 Å². The highest BCUT2D eigenvalue weighted by atomic mass is 16.8. The average molecular weight is 276 g/mol. The maximum Gasteiger partial charge on any atom is 0.335 e. The normalized spacial score (nSPS) is 42.1. The van der Waals surface area contributed by atoms with Crippen LogP contribution in [-0.2, 0) is 23.7 Å². The van der Waals surface area contributed by atoms with Crippen molar-refractivity contribution in [1.82, 2.24) is 0 Å². The number of aliphatic carboxylic acids is 1. The van der Waals surface area contributed by atoms with Crippen molar-refractivity contribution in [3.8, 4) is 0 Å². The Morgan fingerprint density at radius 3 is 2.68 bits per heavy atom. The standard InChI is InChI=1S/C12H20O7/c1-3-4-5-16-8-7(13)9(11(14)15)19-12-10(8)17-6(2)18-12/h6-10,12-13H,3-5H2,1-2H3,(H,14,15)/t6?,7-,8-,9?,10?,12-/m0/s1. The topological polar surface area (TPSA) is 94.5 Å². The summed E-state index contributed by atoms with van der Waals surface area (Å²) in [5.74, 6) is -1.24. The van der Waals surface area contributed by atoms with E-state index in [4.69, 9.17) is 24.1 Å². The molecule has 6 atom stereocenters. The summed E-state index contributed by atoms with van der Waals surface area (Å²) in [6.45, 7) is 4.14. The van der Waals surface area contributed by atoms with Crippen LogP contribution in [0.4, 0.5) is 0 Å². The number of rotatable bonds is 5. The molecule has 0 aromatic heterocycles. The second kappa shape index (κ2) is 6.15. The molecule has 0 bridgehead atoms. The maximum atomic E-state index is 11.1. The quantitative estimate of drug-likeness (QED) is 0.688. The van der Waals surface area contributed by atoms with E-state index in [1.54, 1.807) is 6.92 Å². The first-order valence-corrected chi connectivity index (χ1v) is 6.53. The second-order valence-corrected chi connectivity index (χ2v) is 4.75. The first-order chi connectivity index (χ1) is 9.04. The number of aliphatic hydroxyl groups excluding tert-OH is 1. The smallest absolute Gasteiger partial charge is 0.335 e. The summed E-state index contributed by atoms with van der Waals surface area (Å²) >= 11 is 0. The summed E-state index contributed by atoms with van der Waals surface area (Å²) in [5.41, 5.74) is 0. The molecule has 3 unspecified atom stereocenters. The molecule has 2 N–H and O–H groups in total. The van der Waals surface area contributed by atoms with Crippen molar-refractivity contribution in [2.75, 3.05) is 6.61 Å². The molecule has 0 spiro atoms. The summed E-state index contributed by atoms with van der Waals surface area (Å²) in [6.07, 6.45) is -3.53. The average Bonchev–Trinajstić information content (AvgIpc) is 2.71. The van der Waals surface area contributed by atoms with Crippen molar-refractivity contribution >= 4 is 5.97 Å². The second-order valence-electron chi connectivity index (χ2n) is 4.75. The zero-order valence-electron chi connectivity index (χ0n) is 11.0. The van der Waals surface area contributed by atoms with E-state index in [1.807, 2.05) is 6.92 Å². The van der Waals surface area contributed by atoms with Crippen molar-refractivity contribution < 1.29 is 34.0 Å². The van der Waals surface area contributed by atoms with Gasteiger partial charge in [-0.1, -0.05) is 13.3 Å². The van der Waals surface area contributed by atoms with E-state index in [9.17, 15) is 9.90 Å². The third-order valence-electron chi connectivity index (χ3n) is 3.25. The monoisotopic (exact) mass is 276 g/mol. The van der Waals surface area contributed by atoms with Crippen LogP contribution in [0.15, 0.2) is 0 Å². The van der Waals surface area contributed by atoms with Gasteiger partial charge in [0, 0.05) is 6.61 Å². The van der Waals surface area contributed by atoms with Gasteiger partial charge < -0.3 is 29.2 Å². The van der Waals surface area contributed by atoms with Crippen LogP contribution in [-0.4, -0.2) is 59.8 Å². The van der Waals surface area contributed by atoms with E-state index in [2.05, 4.69) is 0 Å². The summed E-state index contributed by atoms with van der Waals surface area (Å²) in [5, 5.41) is 19.1. The molecule has 0 aromatic rings. The van der Waals surface area contributed by atoms with Gasteiger partial charge in [-0.3, -0.25) is 0 Å². The van der Waals surface area contributed by atoms with E-state index in [-0.39, 0.29) is 0 Å². The molecule has 2 saturated heterocycles. The number of aliphatic hydroxyl groups is 1. The molecule has 7 nitrogen and oxygen atoms in total. The zero-order chi connectivity index (χ0) is 14.0. The molecule has 0 aromatic carbocycles. The summed E-state index contributed by atoms with van der Waals surface area (Å²) in [4.78, 5) is 11.1. The molecule has 2 heterocycles. The van der Waals surface area contributed by atoms with E-state index in [0.29, 0.717) is 6.61 Å². The highest BCUT2D eigenvalue weighted by Crippen LogP contribution is 2.33.